The Morgan fingerprint density at radius 3 is 2.80 bits per heavy atom. The van der Waals surface area contributed by atoms with Crippen molar-refractivity contribution in [1.29, 1.82) is 0 Å². The molecule has 3 nitrogen and oxygen atoms in total. The van der Waals surface area contributed by atoms with Gasteiger partial charge in [-0.2, -0.15) is 0 Å². The van der Waals surface area contributed by atoms with E-state index in [0.29, 0.717) is 0 Å². The minimum atomic E-state index is 0.247. The third kappa shape index (κ3) is 0.876. The van der Waals surface area contributed by atoms with E-state index >= 15 is 0 Å². The molecule has 2 rings (SSSR count). The zero-order chi connectivity index (χ0) is 7.03. The molecule has 2 aliphatic rings. The average Bonchev–Trinajstić information content (AvgIpc) is 2.46. The standard InChI is InChI=1S/C6H11N3S/c10-5-8-4-6(9-5)1-2-7-3-6/h7H,1-4H2,(H2,8,9,10). The maximum Gasteiger partial charge on any atom is 0.166 e. The Hall–Kier alpha value is -0.350. The Bertz CT molecular complexity index is 162. The predicted octanol–water partition coefficient (Wildman–Crippen LogP) is -0.804. The molecule has 0 aromatic carbocycles. The second-order valence-corrected chi connectivity index (χ2v) is 3.42. The second kappa shape index (κ2) is 2.07. The van der Waals surface area contributed by atoms with Crippen LogP contribution in [0.1, 0.15) is 6.42 Å². The van der Waals surface area contributed by atoms with Gasteiger partial charge >= 0.3 is 0 Å². The van der Waals surface area contributed by atoms with E-state index < -0.39 is 0 Å². The van der Waals surface area contributed by atoms with Crippen molar-refractivity contribution in [3.63, 3.8) is 0 Å². The highest BCUT2D eigenvalue weighted by molar-refractivity contribution is 7.80. The molecule has 0 aliphatic carbocycles. The van der Waals surface area contributed by atoms with Crippen molar-refractivity contribution in [1.82, 2.24) is 16.0 Å². The van der Waals surface area contributed by atoms with Crippen LogP contribution >= 0.6 is 12.2 Å². The number of hydrogen-bond donors (Lipinski definition) is 3. The molecule has 1 unspecified atom stereocenters. The van der Waals surface area contributed by atoms with Gasteiger partial charge in [0.25, 0.3) is 0 Å². The van der Waals surface area contributed by atoms with Gasteiger partial charge in [-0.25, -0.2) is 0 Å². The Morgan fingerprint density at radius 1 is 1.40 bits per heavy atom. The largest absolute Gasteiger partial charge is 0.360 e. The molecule has 3 N–H and O–H groups in total. The van der Waals surface area contributed by atoms with Crippen LogP contribution in [0.4, 0.5) is 0 Å². The molecular weight excluding hydrogens is 146 g/mol. The first-order valence-electron chi connectivity index (χ1n) is 3.58. The van der Waals surface area contributed by atoms with Crippen molar-refractivity contribution >= 4 is 17.3 Å². The number of rotatable bonds is 0. The molecule has 2 aliphatic heterocycles. The van der Waals surface area contributed by atoms with Gasteiger partial charge in [-0.15, -0.1) is 0 Å². The summed E-state index contributed by atoms with van der Waals surface area (Å²) in [6.45, 7) is 3.14. The first-order chi connectivity index (χ1) is 4.81. The molecule has 2 fully saturated rings. The SMILES string of the molecule is S=C1NCC2(CCNC2)N1. The topological polar surface area (TPSA) is 36.1 Å². The van der Waals surface area contributed by atoms with E-state index in [4.69, 9.17) is 12.2 Å². The van der Waals surface area contributed by atoms with Crippen molar-refractivity contribution < 1.29 is 0 Å². The molecule has 1 spiro atoms. The fraction of sp³-hybridized carbons (Fsp3) is 0.833. The molecular formula is C6H11N3S. The Morgan fingerprint density at radius 2 is 2.30 bits per heavy atom. The molecule has 0 aromatic heterocycles. The quantitative estimate of drug-likeness (QED) is 0.402. The van der Waals surface area contributed by atoms with Crippen LogP contribution in [0.15, 0.2) is 0 Å². The van der Waals surface area contributed by atoms with Gasteiger partial charge in [0.15, 0.2) is 5.11 Å². The van der Waals surface area contributed by atoms with Crippen LogP contribution < -0.4 is 16.0 Å². The van der Waals surface area contributed by atoms with Gasteiger partial charge in [0.1, 0.15) is 0 Å². The molecule has 0 radical (unpaired) electrons. The van der Waals surface area contributed by atoms with Crippen LogP contribution in [-0.2, 0) is 0 Å². The fourth-order valence-corrected chi connectivity index (χ4v) is 1.87. The van der Waals surface area contributed by atoms with E-state index in [-0.39, 0.29) is 5.54 Å². The molecule has 1 atom stereocenters. The van der Waals surface area contributed by atoms with E-state index in [1.807, 2.05) is 0 Å². The normalized spacial score (nSPS) is 38.2. The van der Waals surface area contributed by atoms with Crippen LogP contribution in [0, 0.1) is 0 Å². The smallest absolute Gasteiger partial charge is 0.166 e. The van der Waals surface area contributed by atoms with Gasteiger partial charge in [-0.3, -0.25) is 0 Å². The van der Waals surface area contributed by atoms with Crippen molar-refractivity contribution in [2.45, 2.75) is 12.0 Å². The van der Waals surface area contributed by atoms with E-state index in [9.17, 15) is 0 Å². The van der Waals surface area contributed by atoms with Gasteiger partial charge in [0.2, 0.25) is 0 Å². The molecule has 2 saturated heterocycles. The maximum atomic E-state index is 4.98. The molecule has 0 saturated carbocycles. The molecule has 56 valence electrons. The lowest BCUT2D eigenvalue weighted by molar-refractivity contribution is 0.456. The van der Waals surface area contributed by atoms with Crippen LogP contribution in [0.2, 0.25) is 0 Å². The minimum absolute atomic E-state index is 0.247. The predicted molar refractivity (Wildman–Crippen MR) is 44.0 cm³/mol. The summed E-state index contributed by atoms with van der Waals surface area (Å²) in [5, 5.41) is 10.5. The molecule has 0 amide bonds. The zero-order valence-electron chi connectivity index (χ0n) is 5.74. The zero-order valence-corrected chi connectivity index (χ0v) is 6.55. The summed E-state index contributed by atoms with van der Waals surface area (Å²) in [5.41, 5.74) is 0.247. The number of nitrogens with one attached hydrogen (secondary N) is 3. The lowest BCUT2D eigenvalue weighted by atomic mass is 10.0. The number of hydrogen-bond acceptors (Lipinski definition) is 2. The fourth-order valence-electron chi connectivity index (χ4n) is 1.58. The summed E-state index contributed by atoms with van der Waals surface area (Å²) in [5.74, 6) is 0. The van der Waals surface area contributed by atoms with Gasteiger partial charge in [0, 0.05) is 13.1 Å². The summed E-state index contributed by atoms with van der Waals surface area (Å²) in [6.07, 6.45) is 1.18. The molecule has 2 heterocycles. The molecule has 0 aromatic rings. The number of thiocarbonyl (C=S) groups is 1. The van der Waals surface area contributed by atoms with Crippen molar-refractivity contribution in [3.8, 4) is 0 Å². The van der Waals surface area contributed by atoms with Gasteiger partial charge in [-0.05, 0) is 25.2 Å². The van der Waals surface area contributed by atoms with E-state index in [2.05, 4.69) is 16.0 Å². The summed E-state index contributed by atoms with van der Waals surface area (Å²) in [7, 11) is 0. The Kier molecular flexibility index (Phi) is 1.32. The summed E-state index contributed by atoms with van der Waals surface area (Å²) < 4.78 is 0. The van der Waals surface area contributed by atoms with E-state index in [1.165, 1.54) is 6.42 Å². The van der Waals surface area contributed by atoms with Crippen LogP contribution in [0.3, 0.4) is 0 Å². The van der Waals surface area contributed by atoms with E-state index in [1.54, 1.807) is 0 Å². The van der Waals surface area contributed by atoms with Crippen LogP contribution in [-0.4, -0.2) is 30.3 Å². The van der Waals surface area contributed by atoms with Crippen LogP contribution in [0.25, 0.3) is 0 Å². The first-order valence-corrected chi connectivity index (χ1v) is 3.98. The van der Waals surface area contributed by atoms with Gasteiger partial charge < -0.3 is 16.0 Å². The van der Waals surface area contributed by atoms with Crippen molar-refractivity contribution in [3.05, 3.63) is 0 Å². The highest BCUT2D eigenvalue weighted by Gasteiger charge is 2.38. The average molecular weight is 157 g/mol. The monoisotopic (exact) mass is 157 g/mol. The summed E-state index contributed by atoms with van der Waals surface area (Å²) >= 11 is 4.98. The lowest BCUT2D eigenvalue weighted by Crippen LogP contribution is -2.45. The van der Waals surface area contributed by atoms with Gasteiger partial charge in [0.05, 0.1) is 5.54 Å². The lowest BCUT2D eigenvalue weighted by Gasteiger charge is -2.19. The summed E-state index contributed by atoms with van der Waals surface area (Å²) in [6, 6.07) is 0. The van der Waals surface area contributed by atoms with Crippen LogP contribution in [0.5, 0.6) is 0 Å². The third-order valence-corrected chi connectivity index (χ3v) is 2.46. The first kappa shape index (κ1) is 6.37. The maximum absolute atomic E-state index is 4.98. The Labute approximate surface area is 65.6 Å². The summed E-state index contributed by atoms with van der Waals surface area (Å²) in [4.78, 5) is 0. The highest BCUT2D eigenvalue weighted by atomic mass is 32.1. The highest BCUT2D eigenvalue weighted by Crippen LogP contribution is 2.16. The molecule has 0 bridgehead atoms. The van der Waals surface area contributed by atoms with E-state index in [0.717, 1.165) is 24.7 Å². The second-order valence-electron chi connectivity index (χ2n) is 3.01. The third-order valence-electron chi connectivity index (χ3n) is 2.21. The van der Waals surface area contributed by atoms with Crippen molar-refractivity contribution in [2.75, 3.05) is 19.6 Å². The molecule has 4 heteroatoms. The Balaban J connectivity index is 2.09. The van der Waals surface area contributed by atoms with Crippen molar-refractivity contribution in [2.24, 2.45) is 0 Å². The van der Waals surface area contributed by atoms with Gasteiger partial charge in [-0.1, -0.05) is 0 Å². The molecule has 10 heavy (non-hydrogen) atoms. The minimum Gasteiger partial charge on any atom is -0.360 e.